The largest absolute Gasteiger partial charge is 0.319 e. The van der Waals surface area contributed by atoms with Crippen LogP contribution in [0.25, 0.3) is 0 Å². The highest BCUT2D eigenvalue weighted by molar-refractivity contribution is 5.22. The van der Waals surface area contributed by atoms with E-state index in [9.17, 15) is 13.2 Å². The highest BCUT2D eigenvalue weighted by Crippen LogP contribution is 2.29. The fourth-order valence-electron chi connectivity index (χ4n) is 1.00. The van der Waals surface area contributed by atoms with Crippen LogP contribution in [0.5, 0.6) is 0 Å². The summed E-state index contributed by atoms with van der Waals surface area (Å²) < 4.78 is 38.3. The maximum absolute atomic E-state index is 13.0. The zero-order chi connectivity index (χ0) is 10.1. The monoisotopic (exact) mass is 189 g/mol. The molecule has 2 N–H and O–H groups in total. The van der Waals surface area contributed by atoms with Crippen LogP contribution in [0.4, 0.5) is 13.2 Å². The Morgan fingerprint density at radius 3 is 2.31 bits per heavy atom. The van der Waals surface area contributed by atoms with E-state index in [-0.39, 0.29) is 5.56 Å². The van der Waals surface area contributed by atoms with Crippen LogP contribution in [0.2, 0.25) is 0 Å². The number of nitrogens with two attached hydrogens (primary N) is 1. The number of rotatable bonds is 2. The average Bonchev–Trinajstić information content (AvgIpc) is 2.02. The first-order valence-electron chi connectivity index (χ1n) is 3.80. The summed E-state index contributed by atoms with van der Waals surface area (Å²) >= 11 is 0. The lowest BCUT2D eigenvalue weighted by Crippen LogP contribution is -2.30. The summed E-state index contributed by atoms with van der Waals surface area (Å²) in [6, 6.07) is 3.69. The van der Waals surface area contributed by atoms with Crippen molar-refractivity contribution < 1.29 is 13.2 Å². The van der Waals surface area contributed by atoms with E-state index < -0.39 is 17.8 Å². The molecule has 0 radical (unpaired) electrons. The minimum Gasteiger partial charge on any atom is -0.319 e. The van der Waals surface area contributed by atoms with E-state index in [1.807, 2.05) is 0 Å². The van der Waals surface area contributed by atoms with Crippen molar-refractivity contribution in [3.63, 3.8) is 0 Å². The molecule has 1 rings (SSSR count). The predicted octanol–water partition coefficient (Wildman–Crippen LogP) is 2.48. The first-order valence-corrected chi connectivity index (χ1v) is 3.80. The Hall–Kier alpha value is -1.03. The lowest BCUT2D eigenvalue weighted by Gasteiger charge is -2.19. The lowest BCUT2D eigenvalue weighted by molar-refractivity contribution is -0.00723. The molecule has 72 valence electrons. The van der Waals surface area contributed by atoms with Crippen LogP contribution in [0, 0.1) is 5.82 Å². The zero-order valence-electron chi connectivity index (χ0n) is 7.10. The van der Waals surface area contributed by atoms with Crippen LogP contribution < -0.4 is 5.73 Å². The minimum absolute atomic E-state index is 0.157. The summed E-state index contributed by atoms with van der Waals surface area (Å²) in [5, 5.41) is 0. The van der Waals surface area contributed by atoms with Gasteiger partial charge in [0, 0.05) is 12.5 Å². The molecule has 0 aliphatic heterocycles. The van der Waals surface area contributed by atoms with Gasteiger partial charge in [-0.2, -0.15) is 0 Å². The van der Waals surface area contributed by atoms with Gasteiger partial charge in [0.2, 0.25) is 0 Å². The Morgan fingerprint density at radius 1 is 1.31 bits per heavy atom. The first-order chi connectivity index (χ1) is 5.93. The Labute approximate surface area is 74.4 Å². The quantitative estimate of drug-likeness (QED) is 0.759. The molecule has 0 saturated heterocycles. The third-order valence-corrected chi connectivity index (χ3v) is 1.79. The second-order valence-electron chi connectivity index (χ2n) is 2.96. The van der Waals surface area contributed by atoms with Gasteiger partial charge in [0.25, 0.3) is 5.92 Å². The summed E-state index contributed by atoms with van der Waals surface area (Å²) in [6.45, 7) is 0.671. The molecule has 0 amide bonds. The van der Waals surface area contributed by atoms with E-state index >= 15 is 0 Å². The Morgan fingerprint density at radius 2 is 1.85 bits per heavy atom. The average molecular weight is 189 g/mol. The molecule has 0 fully saturated rings. The molecular formula is C9H10F3N. The van der Waals surface area contributed by atoms with Crippen molar-refractivity contribution in [2.24, 2.45) is 5.73 Å². The minimum atomic E-state index is -3.11. The van der Waals surface area contributed by atoms with Gasteiger partial charge in [-0.25, -0.2) is 13.2 Å². The van der Waals surface area contributed by atoms with E-state index in [1.165, 1.54) is 18.2 Å². The van der Waals surface area contributed by atoms with E-state index in [0.717, 1.165) is 6.07 Å². The van der Waals surface area contributed by atoms with Crippen LogP contribution in [0.3, 0.4) is 0 Å². The van der Waals surface area contributed by atoms with Crippen molar-refractivity contribution in [3.8, 4) is 0 Å². The molecule has 4 heteroatoms. The van der Waals surface area contributed by atoms with Crippen molar-refractivity contribution in [1.29, 1.82) is 0 Å². The van der Waals surface area contributed by atoms with Crippen LogP contribution in [-0.4, -0.2) is 5.92 Å². The summed E-state index contributed by atoms with van der Waals surface area (Å²) in [4.78, 5) is 0. The topological polar surface area (TPSA) is 26.0 Å². The molecule has 1 atom stereocenters. The number of halogens is 3. The molecule has 0 bridgehead atoms. The molecule has 1 unspecified atom stereocenters. The van der Waals surface area contributed by atoms with E-state index in [2.05, 4.69) is 0 Å². The molecule has 0 aliphatic rings. The standard InChI is InChI=1S/C9H10F3N/c1-9(11,12)8(13)6-4-2-3-5-7(6)10/h2-5,8H,13H2,1H3. The van der Waals surface area contributed by atoms with Gasteiger partial charge in [-0.1, -0.05) is 18.2 Å². The van der Waals surface area contributed by atoms with Gasteiger partial charge in [-0.15, -0.1) is 0 Å². The number of benzene rings is 1. The van der Waals surface area contributed by atoms with Crippen LogP contribution in [0.1, 0.15) is 18.5 Å². The van der Waals surface area contributed by atoms with Crippen LogP contribution in [-0.2, 0) is 0 Å². The van der Waals surface area contributed by atoms with Gasteiger partial charge in [0.1, 0.15) is 5.82 Å². The van der Waals surface area contributed by atoms with E-state index in [0.29, 0.717) is 6.92 Å². The van der Waals surface area contributed by atoms with Crippen LogP contribution >= 0.6 is 0 Å². The normalized spacial score (nSPS) is 14.2. The molecule has 1 aromatic rings. The van der Waals surface area contributed by atoms with Gasteiger partial charge in [0.15, 0.2) is 0 Å². The highest BCUT2D eigenvalue weighted by atomic mass is 19.3. The van der Waals surface area contributed by atoms with Crippen LogP contribution in [0.15, 0.2) is 24.3 Å². The Kier molecular flexibility index (Phi) is 2.61. The van der Waals surface area contributed by atoms with Crippen molar-refractivity contribution in [2.45, 2.75) is 18.9 Å². The molecule has 0 heterocycles. The maximum Gasteiger partial charge on any atom is 0.264 e. The fraction of sp³-hybridized carbons (Fsp3) is 0.333. The lowest BCUT2D eigenvalue weighted by atomic mass is 10.0. The highest BCUT2D eigenvalue weighted by Gasteiger charge is 2.33. The molecular weight excluding hydrogens is 179 g/mol. The zero-order valence-corrected chi connectivity index (χ0v) is 7.10. The second kappa shape index (κ2) is 3.38. The number of alkyl halides is 2. The van der Waals surface area contributed by atoms with E-state index in [4.69, 9.17) is 5.73 Å². The van der Waals surface area contributed by atoms with Gasteiger partial charge in [0.05, 0.1) is 6.04 Å². The summed E-state index contributed by atoms with van der Waals surface area (Å²) in [7, 11) is 0. The van der Waals surface area contributed by atoms with Crippen molar-refractivity contribution >= 4 is 0 Å². The van der Waals surface area contributed by atoms with E-state index in [1.54, 1.807) is 0 Å². The molecule has 0 saturated carbocycles. The first kappa shape index (κ1) is 10.1. The molecule has 0 aromatic heterocycles. The number of hydrogen-bond acceptors (Lipinski definition) is 1. The molecule has 0 spiro atoms. The van der Waals surface area contributed by atoms with Crippen molar-refractivity contribution in [1.82, 2.24) is 0 Å². The maximum atomic E-state index is 13.0. The van der Waals surface area contributed by atoms with Crippen molar-refractivity contribution in [3.05, 3.63) is 35.6 Å². The van der Waals surface area contributed by atoms with Gasteiger partial charge in [-0.05, 0) is 6.07 Å². The smallest absolute Gasteiger partial charge is 0.264 e. The Balaban J connectivity index is 3.02. The van der Waals surface area contributed by atoms with Gasteiger partial charge < -0.3 is 5.73 Å². The summed E-state index contributed by atoms with van der Waals surface area (Å²) in [5.41, 5.74) is 5.03. The SMILES string of the molecule is CC(F)(F)C(N)c1ccccc1F. The van der Waals surface area contributed by atoms with Gasteiger partial charge >= 0.3 is 0 Å². The summed E-state index contributed by atoms with van der Waals surface area (Å²) in [5.74, 6) is -3.81. The third kappa shape index (κ3) is 2.21. The summed E-state index contributed by atoms with van der Waals surface area (Å²) in [6.07, 6.45) is 0. The Bertz CT molecular complexity index is 293. The predicted molar refractivity (Wildman–Crippen MR) is 43.9 cm³/mol. The molecule has 1 nitrogen and oxygen atoms in total. The third-order valence-electron chi connectivity index (χ3n) is 1.79. The second-order valence-corrected chi connectivity index (χ2v) is 2.96. The van der Waals surface area contributed by atoms with Crippen molar-refractivity contribution in [2.75, 3.05) is 0 Å². The number of hydrogen-bond donors (Lipinski definition) is 1. The molecule has 0 aliphatic carbocycles. The van der Waals surface area contributed by atoms with Gasteiger partial charge in [-0.3, -0.25) is 0 Å². The fourth-order valence-corrected chi connectivity index (χ4v) is 1.00. The molecule has 13 heavy (non-hydrogen) atoms. The molecule has 1 aromatic carbocycles.